The molecule has 8 aromatic rings. The molecular formula is C40H30N4O. The lowest BCUT2D eigenvalue weighted by atomic mass is 9.85. The summed E-state index contributed by atoms with van der Waals surface area (Å²) in [6, 6.07) is 46.1. The maximum atomic E-state index is 13.6. The highest BCUT2D eigenvalue weighted by molar-refractivity contribution is 6.22. The van der Waals surface area contributed by atoms with Gasteiger partial charge in [-0.1, -0.05) is 133 Å². The first-order chi connectivity index (χ1) is 22.1. The van der Waals surface area contributed by atoms with E-state index in [1.165, 1.54) is 22.3 Å². The molecule has 45 heavy (non-hydrogen) atoms. The van der Waals surface area contributed by atoms with Crippen molar-refractivity contribution in [1.29, 1.82) is 0 Å². The lowest BCUT2D eigenvalue weighted by Crippen LogP contribution is -2.25. The van der Waals surface area contributed by atoms with Crippen LogP contribution in [-0.2, 0) is 7.05 Å². The van der Waals surface area contributed by atoms with E-state index in [1.54, 1.807) is 16.2 Å². The quantitative estimate of drug-likeness (QED) is 0.190. The van der Waals surface area contributed by atoms with Gasteiger partial charge in [0.15, 0.2) is 11.3 Å². The first-order valence-corrected chi connectivity index (χ1v) is 15.2. The summed E-state index contributed by atoms with van der Waals surface area (Å²) in [5.41, 5.74) is 8.51. The van der Waals surface area contributed by atoms with Crippen LogP contribution >= 0.6 is 0 Å². The third-order valence-corrected chi connectivity index (χ3v) is 8.91. The maximum Gasteiger partial charge on any atom is 0.331 e. The van der Waals surface area contributed by atoms with Crippen LogP contribution in [-0.4, -0.2) is 19.1 Å². The molecule has 0 amide bonds. The molecule has 5 nitrogen and oxygen atoms in total. The minimum atomic E-state index is -0.211. The van der Waals surface area contributed by atoms with Crippen LogP contribution < -0.4 is 5.69 Å². The fraction of sp³-hybridized carbons (Fsp3) is 0.0750. The van der Waals surface area contributed by atoms with E-state index in [-0.39, 0.29) is 11.7 Å². The third kappa shape index (κ3) is 4.27. The summed E-state index contributed by atoms with van der Waals surface area (Å²) in [6.07, 6.45) is 1.81. The Hall–Kier alpha value is -5.81. The molecule has 2 heterocycles. The normalized spacial score (nSPS) is 12.2. The fourth-order valence-corrected chi connectivity index (χ4v) is 6.73. The number of rotatable bonds is 5. The summed E-state index contributed by atoms with van der Waals surface area (Å²) in [6.45, 7) is 2.04. The highest BCUT2D eigenvalue weighted by Gasteiger charge is 2.23. The predicted octanol–water partition coefficient (Wildman–Crippen LogP) is 9.05. The topological polar surface area (TPSA) is 52.7 Å². The monoisotopic (exact) mass is 582 g/mol. The first-order valence-electron chi connectivity index (χ1n) is 15.2. The number of aromatic nitrogens is 4. The highest BCUT2D eigenvalue weighted by Crippen LogP contribution is 2.45. The summed E-state index contributed by atoms with van der Waals surface area (Å²) in [7, 11) is 1.76. The lowest BCUT2D eigenvalue weighted by molar-refractivity contribution is 0.613. The average molecular weight is 583 g/mol. The van der Waals surface area contributed by atoms with Gasteiger partial charge in [0.2, 0.25) is 0 Å². The summed E-state index contributed by atoms with van der Waals surface area (Å²) in [5, 5.41) is 4.45. The largest absolute Gasteiger partial charge is 0.331 e. The zero-order valence-electron chi connectivity index (χ0n) is 25.1. The Balaban J connectivity index is 1.43. The van der Waals surface area contributed by atoms with Crippen LogP contribution in [0.25, 0.3) is 66.4 Å². The van der Waals surface area contributed by atoms with E-state index >= 15 is 0 Å². The molecule has 0 bridgehead atoms. The Labute approximate surface area is 260 Å². The van der Waals surface area contributed by atoms with E-state index in [2.05, 4.69) is 103 Å². The molecule has 0 saturated heterocycles. The second-order valence-electron chi connectivity index (χ2n) is 11.5. The Morgan fingerprint density at radius 3 is 1.71 bits per heavy atom. The zero-order valence-corrected chi connectivity index (χ0v) is 25.1. The zero-order chi connectivity index (χ0) is 30.5. The summed E-state index contributed by atoms with van der Waals surface area (Å²) < 4.78 is 3.35. The Morgan fingerprint density at radius 1 is 0.578 bits per heavy atom. The van der Waals surface area contributed by atoms with Gasteiger partial charge >= 0.3 is 5.69 Å². The molecule has 0 aliphatic heterocycles. The Bertz CT molecular complexity index is 2370. The number of hydrogen-bond donors (Lipinski definition) is 0. The van der Waals surface area contributed by atoms with Crippen LogP contribution in [0.3, 0.4) is 0 Å². The number of hydrogen-bond acceptors (Lipinski definition) is 3. The number of aryl methyl sites for hydroxylation is 1. The SMILES string of the molecule is C[C@H](c1ccccc1)n1c(=O)n(C)c2ncc(-c3c4ccccc4c(-c4ccccc4-c4ccccc4)c4ccccc34)nc21. The average Bonchev–Trinajstić information content (AvgIpc) is 3.35. The van der Waals surface area contributed by atoms with Crippen molar-refractivity contribution >= 4 is 32.8 Å². The van der Waals surface area contributed by atoms with E-state index in [0.29, 0.717) is 11.3 Å². The van der Waals surface area contributed by atoms with Crippen LogP contribution in [0.15, 0.2) is 144 Å². The Morgan fingerprint density at radius 2 is 1.09 bits per heavy atom. The molecule has 0 radical (unpaired) electrons. The predicted molar refractivity (Wildman–Crippen MR) is 184 cm³/mol. The standard InChI is InChI=1S/C40H30N4O/c1-26(27-15-5-3-6-16-27)44-39-38(43(2)40(44)45)41-25-35(42-39)37-33-23-13-11-21-31(33)36(32-22-12-14-24-34(32)37)30-20-10-9-19-29(30)28-17-7-4-8-18-28/h3-26H,1-2H3/t26-/m1/s1. The van der Waals surface area contributed by atoms with E-state index in [0.717, 1.165) is 38.4 Å². The molecule has 0 aliphatic carbocycles. The molecule has 8 rings (SSSR count). The van der Waals surface area contributed by atoms with Crippen molar-refractivity contribution in [1.82, 2.24) is 19.1 Å². The van der Waals surface area contributed by atoms with E-state index in [4.69, 9.17) is 9.97 Å². The lowest BCUT2D eigenvalue weighted by Gasteiger charge is -2.19. The smallest absolute Gasteiger partial charge is 0.278 e. The molecule has 5 heteroatoms. The highest BCUT2D eigenvalue weighted by atomic mass is 16.1. The second-order valence-corrected chi connectivity index (χ2v) is 11.5. The molecule has 216 valence electrons. The molecule has 0 saturated carbocycles. The van der Waals surface area contributed by atoms with Gasteiger partial charge < -0.3 is 0 Å². The van der Waals surface area contributed by atoms with Crippen molar-refractivity contribution in [3.8, 4) is 33.5 Å². The third-order valence-electron chi connectivity index (χ3n) is 8.91. The van der Waals surface area contributed by atoms with E-state index in [9.17, 15) is 4.79 Å². The number of nitrogens with zero attached hydrogens (tertiary/aromatic N) is 4. The van der Waals surface area contributed by atoms with Gasteiger partial charge in [0.25, 0.3) is 0 Å². The molecule has 2 aromatic heterocycles. The van der Waals surface area contributed by atoms with E-state index in [1.807, 2.05) is 43.5 Å². The van der Waals surface area contributed by atoms with Crippen molar-refractivity contribution in [2.24, 2.45) is 7.05 Å². The van der Waals surface area contributed by atoms with Crippen LogP contribution in [0.1, 0.15) is 18.5 Å². The van der Waals surface area contributed by atoms with Gasteiger partial charge in [0.05, 0.1) is 17.9 Å². The van der Waals surface area contributed by atoms with Crippen LogP contribution in [0.2, 0.25) is 0 Å². The van der Waals surface area contributed by atoms with Crippen molar-refractivity contribution in [2.75, 3.05) is 0 Å². The van der Waals surface area contributed by atoms with Crippen molar-refractivity contribution in [2.45, 2.75) is 13.0 Å². The molecule has 1 atom stereocenters. The van der Waals surface area contributed by atoms with Gasteiger partial charge in [-0.05, 0) is 56.3 Å². The van der Waals surface area contributed by atoms with Crippen molar-refractivity contribution in [3.63, 3.8) is 0 Å². The van der Waals surface area contributed by atoms with Crippen molar-refractivity contribution in [3.05, 3.63) is 156 Å². The van der Waals surface area contributed by atoms with Gasteiger partial charge in [0.1, 0.15) is 0 Å². The molecular weight excluding hydrogens is 552 g/mol. The fourth-order valence-electron chi connectivity index (χ4n) is 6.73. The van der Waals surface area contributed by atoms with Gasteiger partial charge in [0, 0.05) is 12.6 Å². The van der Waals surface area contributed by atoms with E-state index < -0.39 is 0 Å². The molecule has 0 aliphatic rings. The van der Waals surface area contributed by atoms with Crippen LogP contribution in [0.4, 0.5) is 0 Å². The number of fused-ring (bicyclic) bond motifs is 3. The molecule has 0 spiro atoms. The Kier molecular flexibility index (Phi) is 6.38. The molecule has 0 unspecified atom stereocenters. The minimum Gasteiger partial charge on any atom is -0.278 e. The summed E-state index contributed by atoms with van der Waals surface area (Å²) in [4.78, 5) is 23.6. The van der Waals surface area contributed by atoms with Crippen LogP contribution in [0, 0.1) is 0 Å². The van der Waals surface area contributed by atoms with Gasteiger partial charge in [-0.2, -0.15) is 0 Å². The molecule has 0 N–H and O–H groups in total. The second kappa shape index (κ2) is 10.7. The summed E-state index contributed by atoms with van der Waals surface area (Å²) >= 11 is 0. The number of imidazole rings is 1. The van der Waals surface area contributed by atoms with Crippen molar-refractivity contribution < 1.29 is 0 Å². The minimum absolute atomic E-state index is 0.138. The molecule has 0 fully saturated rings. The maximum absolute atomic E-state index is 13.6. The first kappa shape index (κ1) is 26.8. The molecule has 6 aromatic carbocycles. The number of benzene rings is 6. The van der Waals surface area contributed by atoms with Crippen LogP contribution in [0.5, 0.6) is 0 Å². The summed E-state index contributed by atoms with van der Waals surface area (Å²) in [5.74, 6) is 0. The van der Waals surface area contributed by atoms with Gasteiger partial charge in [-0.3, -0.25) is 9.13 Å². The van der Waals surface area contributed by atoms with Gasteiger partial charge in [-0.15, -0.1) is 0 Å². The van der Waals surface area contributed by atoms with Gasteiger partial charge in [-0.25, -0.2) is 14.8 Å².